The number of halogens is 6. The first kappa shape index (κ1) is 23.7. The van der Waals surface area contributed by atoms with Crippen molar-refractivity contribution in [3.8, 4) is 0 Å². The van der Waals surface area contributed by atoms with E-state index in [0.717, 1.165) is 0 Å². The van der Waals surface area contributed by atoms with Crippen molar-refractivity contribution in [1.29, 1.82) is 0 Å². The fourth-order valence-electron chi connectivity index (χ4n) is 1.39. The molecule has 0 aromatic heterocycles. The Bertz CT molecular complexity index is 601. The van der Waals surface area contributed by atoms with Gasteiger partial charge in [0.15, 0.2) is 0 Å². The summed E-state index contributed by atoms with van der Waals surface area (Å²) in [5, 5.41) is 36.5. The quantitative estimate of drug-likeness (QED) is 0.301. The summed E-state index contributed by atoms with van der Waals surface area (Å²) < 4.78 is 120. The minimum atomic E-state index is -7.40. The van der Waals surface area contributed by atoms with Gasteiger partial charge in [0.2, 0.25) is 0 Å². The standard InChI is InChI=1S/C6H12F6NO8PS2/c7-5(8,9)23(18,19)13(24(20,21)6(10,11)12)22(1-14,2-15,3-16)4-17/h14-17H,1-4H2. The third-order valence-corrected chi connectivity index (χ3v) is 14.0. The number of rotatable bonds is 7. The number of hydrogen-bond donors (Lipinski definition) is 4. The van der Waals surface area contributed by atoms with E-state index >= 15 is 0 Å². The Kier molecular flexibility index (Phi) is 6.38. The van der Waals surface area contributed by atoms with Gasteiger partial charge in [-0.1, -0.05) is 0 Å². The van der Waals surface area contributed by atoms with Crippen LogP contribution in [-0.4, -0.2) is 77.2 Å². The predicted octanol–water partition coefficient (Wildman–Crippen LogP) is -0.745. The van der Waals surface area contributed by atoms with Gasteiger partial charge >= 0.3 is 130 Å². The summed E-state index contributed by atoms with van der Waals surface area (Å²) in [7, 11) is -14.8. The third-order valence-electron chi connectivity index (χ3n) is 2.91. The summed E-state index contributed by atoms with van der Waals surface area (Å²) in [6, 6.07) is 0. The fourth-order valence-corrected chi connectivity index (χ4v) is 10.9. The zero-order chi connectivity index (χ0) is 19.9. The third kappa shape index (κ3) is 3.23. The molecule has 0 aromatic carbocycles. The number of aliphatic hydroxyl groups is 4. The van der Waals surface area contributed by atoms with Crippen LogP contribution < -0.4 is 0 Å². The van der Waals surface area contributed by atoms with Crippen LogP contribution in [0, 0.1) is 0 Å². The van der Waals surface area contributed by atoms with Crippen molar-refractivity contribution in [2.45, 2.75) is 11.0 Å². The molecule has 148 valence electrons. The van der Waals surface area contributed by atoms with Gasteiger partial charge in [-0.2, -0.15) is 0 Å². The first-order valence-corrected chi connectivity index (χ1v) is 11.1. The molecule has 4 N–H and O–H groups in total. The molecule has 0 aliphatic carbocycles. The molecule has 0 radical (unpaired) electrons. The second-order valence-corrected chi connectivity index (χ2v) is 14.2. The zero-order valence-corrected chi connectivity index (χ0v) is 13.8. The molecule has 0 fully saturated rings. The van der Waals surface area contributed by atoms with E-state index in [1.54, 1.807) is 0 Å². The monoisotopic (exact) mass is 435 g/mol. The molecule has 0 heterocycles. The normalized spacial score (nSPS) is 16.9. The van der Waals surface area contributed by atoms with E-state index in [9.17, 15) is 43.2 Å². The van der Waals surface area contributed by atoms with Gasteiger partial charge in [-0.25, -0.2) is 0 Å². The Labute approximate surface area is 131 Å². The molecular weight excluding hydrogens is 423 g/mol. The van der Waals surface area contributed by atoms with E-state index in [1.165, 1.54) is 0 Å². The van der Waals surface area contributed by atoms with E-state index in [1.807, 2.05) is 0 Å². The van der Waals surface area contributed by atoms with Crippen LogP contribution in [0.1, 0.15) is 0 Å². The summed E-state index contributed by atoms with van der Waals surface area (Å²) in [6.45, 7) is -6.42. The van der Waals surface area contributed by atoms with Crippen LogP contribution in [0.2, 0.25) is 0 Å². The topological polar surface area (TPSA) is 152 Å². The van der Waals surface area contributed by atoms with Crippen LogP contribution in [-0.2, 0) is 20.0 Å². The molecule has 0 aromatic rings. The molecule has 0 rings (SSSR count). The molecule has 0 aliphatic heterocycles. The van der Waals surface area contributed by atoms with Gasteiger partial charge in [0.1, 0.15) is 0 Å². The molecule has 18 heteroatoms. The Balaban J connectivity index is 7.33. The summed E-state index contributed by atoms with van der Waals surface area (Å²) >= 11 is 0. The van der Waals surface area contributed by atoms with Crippen molar-refractivity contribution in [1.82, 2.24) is 3.48 Å². The Morgan fingerprint density at radius 2 is 0.875 bits per heavy atom. The summed E-state index contributed by atoms with van der Waals surface area (Å²) in [5.74, 6) is 0. The number of sulfonamides is 2. The molecule has 0 spiro atoms. The van der Waals surface area contributed by atoms with E-state index in [0.29, 0.717) is 0 Å². The van der Waals surface area contributed by atoms with E-state index < -0.39 is 66.7 Å². The molecular formula is C6H12F6NO8PS2. The molecule has 9 nitrogen and oxygen atoms in total. The first-order valence-electron chi connectivity index (χ1n) is 5.30. The van der Waals surface area contributed by atoms with E-state index in [2.05, 4.69) is 0 Å². The second-order valence-electron chi connectivity index (χ2n) is 4.55. The average molecular weight is 435 g/mol. The molecule has 0 amide bonds. The van der Waals surface area contributed by atoms with Crippen molar-refractivity contribution >= 4 is 26.8 Å². The van der Waals surface area contributed by atoms with Crippen LogP contribution in [0.25, 0.3) is 0 Å². The van der Waals surface area contributed by atoms with Crippen LogP contribution in [0.5, 0.6) is 0 Å². The predicted molar refractivity (Wildman–Crippen MR) is 67.1 cm³/mol. The van der Waals surface area contributed by atoms with Gasteiger partial charge in [-0.15, -0.1) is 0 Å². The number of aliphatic hydroxyl groups excluding tert-OH is 4. The van der Waals surface area contributed by atoms with Crippen LogP contribution in [0.3, 0.4) is 0 Å². The van der Waals surface area contributed by atoms with Crippen molar-refractivity contribution < 1.29 is 63.6 Å². The molecule has 0 bridgehead atoms. The molecule has 0 saturated carbocycles. The van der Waals surface area contributed by atoms with Gasteiger partial charge in [-0.3, -0.25) is 0 Å². The first-order chi connectivity index (χ1) is 10.4. The van der Waals surface area contributed by atoms with Gasteiger partial charge in [0, 0.05) is 0 Å². The Morgan fingerprint density at radius 1 is 0.667 bits per heavy atom. The maximum atomic E-state index is 12.7. The van der Waals surface area contributed by atoms with Crippen LogP contribution >= 0.6 is 6.75 Å². The Morgan fingerprint density at radius 3 is 1.00 bits per heavy atom. The zero-order valence-electron chi connectivity index (χ0n) is 11.2. The number of nitrogens with zero attached hydrogens (tertiary/aromatic N) is 1. The molecule has 0 atom stereocenters. The summed E-state index contributed by atoms with van der Waals surface area (Å²) in [5.41, 5.74) is -13.2. The number of alkyl halides is 6. The summed E-state index contributed by atoms with van der Waals surface area (Å²) in [6.07, 6.45) is -8.72. The van der Waals surface area contributed by atoms with Crippen LogP contribution in [0.4, 0.5) is 26.3 Å². The van der Waals surface area contributed by atoms with Gasteiger partial charge in [-0.05, 0) is 0 Å². The van der Waals surface area contributed by atoms with Gasteiger partial charge in [0.25, 0.3) is 0 Å². The molecule has 0 aliphatic rings. The van der Waals surface area contributed by atoms with E-state index in [4.69, 9.17) is 20.4 Å². The molecule has 0 saturated heterocycles. The molecule has 0 unspecified atom stereocenters. The van der Waals surface area contributed by atoms with Crippen molar-refractivity contribution in [3.63, 3.8) is 0 Å². The SMILES string of the molecule is O=S(=O)(N(S(=O)(=O)C(F)(F)F)P(CO)(CO)(CO)CO)C(F)(F)F. The van der Waals surface area contributed by atoms with Gasteiger partial charge < -0.3 is 0 Å². The van der Waals surface area contributed by atoms with Crippen molar-refractivity contribution in [3.05, 3.63) is 0 Å². The Hall–Kier alpha value is -0.290. The summed E-state index contributed by atoms with van der Waals surface area (Å²) in [4.78, 5) is 0. The van der Waals surface area contributed by atoms with Crippen molar-refractivity contribution in [2.24, 2.45) is 0 Å². The van der Waals surface area contributed by atoms with E-state index in [-0.39, 0.29) is 0 Å². The van der Waals surface area contributed by atoms with Crippen LogP contribution in [0.15, 0.2) is 0 Å². The second kappa shape index (κ2) is 6.46. The minimum absolute atomic E-state index is 2.18. The van der Waals surface area contributed by atoms with Gasteiger partial charge in [0.05, 0.1) is 0 Å². The average Bonchev–Trinajstić information content (AvgIpc) is 2.42. The number of hydrogen-bond acceptors (Lipinski definition) is 8. The molecule has 24 heavy (non-hydrogen) atoms. The van der Waals surface area contributed by atoms with Crippen molar-refractivity contribution in [2.75, 3.05) is 25.4 Å². The fraction of sp³-hybridized carbons (Fsp3) is 1.00. The maximum absolute atomic E-state index is 12.7.